The highest BCUT2D eigenvalue weighted by atomic mass is 31.2. The second-order valence-electron chi connectivity index (χ2n) is 8.33. The van der Waals surface area contributed by atoms with E-state index in [-0.39, 0.29) is 19.8 Å². The van der Waals surface area contributed by atoms with E-state index in [0.717, 1.165) is 12.1 Å². The Balaban J connectivity index is 1.57. The highest BCUT2D eigenvalue weighted by molar-refractivity contribution is 7.48. The summed E-state index contributed by atoms with van der Waals surface area (Å²) in [5.41, 5.74) is 0.0105. The molecule has 2 fully saturated rings. The van der Waals surface area contributed by atoms with E-state index >= 15 is 0 Å². The van der Waals surface area contributed by atoms with E-state index in [9.17, 15) is 42.2 Å². The predicted molar refractivity (Wildman–Crippen MR) is 116 cm³/mol. The van der Waals surface area contributed by atoms with Gasteiger partial charge in [-0.3, -0.25) is 23.3 Å². The van der Waals surface area contributed by atoms with Crippen LogP contribution in [-0.2, 0) is 34.0 Å². The van der Waals surface area contributed by atoms with Gasteiger partial charge in [0.15, 0.2) is 6.29 Å². The summed E-state index contributed by atoms with van der Waals surface area (Å²) in [6.07, 6.45) is -14.8. The summed E-state index contributed by atoms with van der Waals surface area (Å²) in [7, 11) is -4.26. The molecule has 210 valence electrons. The van der Waals surface area contributed by atoms with Crippen molar-refractivity contribution in [3.8, 4) is 0 Å². The van der Waals surface area contributed by atoms with Crippen LogP contribution in [0.5, 0.6) is 0 Å². The molecule has 1 aromatic rings. The van der Waals surface area contributed by atoms with Crippen LogP contribution in [0.4, 0.5) is 17.6 Å². The number of carbonyl (C=O) groups excluding carboxylic acids is 1. The molecule has 2 heterocycles. The average Bonchev–Trinajstić information content (AvgIpc) is 3.12. The fraction of sp³-hybridized carbons (Fsp3) is 0.667. The fourth-order valence-electron chi connectivity index (χ4n) is 3.43. The third-order valence-electron chi connectivity index (χ3n) is 5.63. The molecule has 11 nitrogen and oxygen atoms in total. The van der Waals surface area contributed by atoms with Gasteiger partial charge in [-0.25, -0.2) is 8.96 Å². The van der Waals surface area contributed by atoms with Crippen molar-refractivity contribution >= 4 is 13.6 Å². The molecule has 2 aliphatic rings. The van der Waals surface area contributed by atoms with Crippen LogP contribution < -0.4 is 0 Å². The number of benzene rings is 1. The third-order valence-corrected chi connectivity index (χ3v) is 7.03. The Kier molecular flexibility index (Phi) is 10.6. The van der Waals surface area contributed by atoms with E-state index in [1.807, 2.05) is 0 Å². The first-order chi connectivity index (χ1) is 17.4. The lowest BCUT2D eigenvalue weighted by Gasteiger charge is -2.28. The maximum Gasteiger partial charge on any atom is 0.476 e. The van der Waals surface area contributed by atoms with Gasteiger partial charge >= 0.3 is 14.0 Å². The standard InChI is InChI=1S/C21H28F4NO10P/c22-19(21(23,24)25)16(27)14-3-1-13(2-4-14)5-8-33-37(31,35-12-26-6-9-32-10-7-26)34-11-15-17(28)18(29)20(30)36-15/h1-4,15,17-20,28-30H,5-12H2/t15-,17-,18-,19?,20+,37?/m1/s1. The van der Waals surface area contributed by atoms with Crippen molar-refractivity contribution in [1.29, 1.82) is 0 Å². The number of nitrogens with zero attached hydrogens (tertiary/aromatic N) is 1. The number of hydrogen-bond acceptors (Lipinski definition) is 11. The molecule has 3 N–H and O–H groups in total. The van der Waals surface area contributed by atoms with E-state index in [1.54, 1.807) is 4.90 Å². The molecule has 0 bridgehead atoms. The van der Waals surface area contributed by atoms with Gasteiger partial charge < -0.3 is 24.8 Å². The Morgan fingerprint density at radius 3 is 2.30 bits per heavy atom. The Bertz CT molecular complexity index is 931. The Labute approximate surface area is 209 Å². The first-order valence-electron chi connectivity index (χ1n) is 11.3. The second-order valence-corrected chi connectivity index (χ2v) is 10.00. The van der Waals surface area contributed by atoms with Crippen LogP contribution in [0.3, 0.4) is 0 Å². The van der Waals surface area contributed by atoms with E-state index in [4.69, 9.17) is 23.0 Å². The minimum Gasteiger partial charge on any atom is -0.387 e. The normalized spacial score (nSPS) is 27.6. The number of phosphoric acid groups is 1. The van der Waals surface area contributed by atoms with Crippen molar-refractivity contribution in [2.45, 2.75) is 43.4 Å². The van der Waals surface area contributed by atoms with Crippen LogP contribution >= 0.6 is 7.82 Å². The average molecular weight is 561 g/mol. The van der Waals surface area contributed by atoms with Gasteiger partial charge in [0, 0.05) is 18.7 Å². The molecule has 0 aliphatic carbocycles. The minimum absolute atomic E-state index is 0.0705. The van der Waals surface area contributed by atoms with Crippen molar-refractivity contribution in [2.24, 2.45) is 0 Å². The summed E-state index contributed by atoms with van der Waals surface area (Å²) in [4.78, 5) is 13.4. The number of phosphoric ester groups is 1. The van der Waals surface area contributed by atoms with Crippen molar-refractivity contribution in [3.05, 3.63) is 35.4 Å². The van der Waals surface area contributed by atoms with Crippen LogP contribution in [0.2, 0.25) is 0 Å². The lowest BCUT2D eigenvalue weighted by molar-refractivity contribution is -0.165. The van der Waals surface area contributed by atoms with Gasteiger partial charge in [-0.1, -0.05) is 24.3 Å². The van der Waals surface area contributed by atoms with E-state index in [0.29, 0.717) is 31.9 Å². The lowest BCUT2D eigenvalue weighted by atomic mass is 10.0. The summed E-state index contributed by atoms with van der Waals surface area (Å²) in [6, 6.07) is 4.67. The molecule has 0 saturated carbocycles. The number of hydrogen-bond donors (Lipinski definition) is 3. The molecule has 0 amide bonds. The molecule has 2 unspecified atom stereocenters. The SMILES string of the molecule is O=C(c1ccc(CCOP(=O)(OC[C@H]2O[C@H](O)[C@H](O)[C@@H]2O)OCN2CCOCC2)cc1)C(F)C(F)(F)F. The highest BCUT2D eigenvalue weighted by Gasteiger charge is 2.46. The van der Waals surface area contributed by atoms with Crippen LogP contribution in [0, 0.1) is 0 Å². The number of alkyl halides is 4. The third kappa shape index (κ3) is 8.48. The molecular weight excluding hydrogens is 533 g/mol. The quantitative estimate of drug-likeness (QED) is 0.192. The Morgan fingerprint density at radius 1 is 1.08 bits per heavy atom. The first-order valence-corrected chi connectivity index (χ1v) is 12.7. The molecule has 0 radical (unpaired) electrons. The molecule has 2 aliphatic heterocycles. The molecule has 2 saturated heterocycles. The second kappa shape index (κ2) is 13.0. The van der Waals surface area contributed by atoms with Gasteiger partial charge in [0.1, 0.15) is 25.0 Å². The minimum atomic E-state index is -5.30. The van der Waals surface area contributed by atoms with Crippen molar-refractivity contribution in [3.63, 3.8) is 0 Å². The molecule has 3 rings (SSSR count). The van der Waals surface area contributed by atoms with Crippen molar-refractivity contribution in [1.82, 2.24) is 4.90 Å². The number of rotatable bonds is 12. The molecule has 37 heavy (non-hydrogen) atoms. The van der Waals surface area contributed by atoms with Crippen molar-refractivity contribution < 1.29 is 65.3 Å². The molecule has 16 heteroatoms. The first kappa shape index (κ1) is 30.0. The highest BCUT2D eigenvalue weighted by Crippen LogP contribution is 2.50. The van der Waals surface area contributed by atoms with E-state index in [2.05, 4.69) is 0 Å². The smallest absolute Gasteiger partial charge is 0.387 e. The number of ketones is 1. The number of Topliss-reactive ketones (excluding diaryl/α,β-unsaturated/α-hetero) is 1. The Hall–Kier alpha value is -1.52. The van der Waals surface area contributed by atoms with Gasteiger partial charge in [-0.15, -0.1) is 0 Å². The van der Waals surface area contributed by atoms with Gasteiger partial charge in [-0.2, -0.15) is 13.2 Å². The summed E-state index contributed by atoms with van der Waals surface area (Å²) in [6.45, 7) is 0.956. The Morgan fingerprint density at radius 2 is 1.73 bits per heavy atom. The molecule has 1 aromatic carbocycles. The van der Waals surface area contributed by atoms with E-state index < -0.39 is 62.7 Å². The van der Waals surface area contributed by atoms with Crippen LogP contribution in [0.25, 0.3) is 0 Å². The maximum atomic E-state index is 13.3. The predicted octanol–water partition coefficient (Wildman–Crippen LogP) is 1.20. The number of ether oxygens (including phenoxy) is 2. The molecule has 6 atom stereocenters. The van der Waals surface area contributed by atoms with Gasteiger partial charge in [0.25, 0.3) is 6.17 Å². The fourth-order valence-corrected chi connectivity index (χ4v) is 4.60. The summed E-state index contributed by atoms with van der Waals surface area (Å²) in [5.74, 6) is -1.71. The summed E-state index contributed by atoms with van der Waals surface area (Å²) in [5, 5.41) is 29.0. The number of morpholine rings is 1. The van der Waals surface area contributed by atoms with Gasteiger partial charge in [-0.05, 0) is 12.0 Å². The molecule has 0 spiro atoms. The molecular formula is C21H28F4NO10P. The van der Waals surface area contributed by atoms with Crippen LogP contribution in [0.15, 0.2) is 24.3 Å². The monoisotopic (exact) mass is 561 g/mol. The van der Waals surface area contributed by atoms with E-state index in [1.165, 1.54) is 12.1 Å². The summed E-state index contributed by atoms with van der Waals surface area (Å²) >= 11 is 0. The summed E-state index contributed by atoms with van der Waals surface area (Å²) < 4.78 is 90.0. The van der Waals surface area contributed by atoms with Crippen LogP contribution in [-0.4, -0.2) is 109 Å². The zero-order chi connectivity index (χ0) is 27.2. The number of halogens is 4. The number of carbonyl (C=O) groups is 1. The maximum absolute atomic E-state index is 13.3. The zero-order valence-electron chi connectivity index (χ0n) is 19.5. The number of aliphatic hydroxyl groups is 3. The van der Waals surface area contributed by atoms with Gasteiger partial charge in [0.05, 0.1) is 26.4 Å². The van der Waals surface area contributed by atoms with Gasteiger partial charge in [0.2, 0.25) is 5.78 Å². The number of aliphatic hydroxyl groups excluding tert-OH is 3. The largest absolute Gasteiger partial charge is 0.476 e. The van der Waals surface area contributed by atoms with Crippen LogP contribution in [0.1, 0.15) is 15.9 Å². The lowest BCUT2D eigenvalue weighted by Crippen LogP contribution is -2.37. The molecule has 0 aromatic heterocycles. The topological polar surface area (TPSA) is 144 Å². The van der Waals surface area contributed by atoms with Crippen molar-refractivity contribution in [2.75, 3.05) is 46.2 Å². The zero-order valence-corrected chi connectivity index (χ0v) is 20.4.